The first kappa shape index (κ1) is 13.6. The van der Waals surface area contributed by atoms with Gasteiger partial charge in [-0.1, -0.05) is 12.1 Å². The van der Waals surface area contributed by atoms with E-state index in [1.54, 1.807) is 39.3 Å². The third kappa shape index (κ3) is 3.49. The Bertz CT molecular complexity index is 432. The number of rotatable bonds is 3. The highest BCUT2D eigenvalue weighted by Crippen LogP contribution is 2.14. The fraction of sp³-hybridized carbons (Fsp3) is 0.333. The zero-order valence-electron chi connectivity index (χ0n) is 10.2. The minimum atomic E-state index is -0.203. The Morgan fingerprint density at radius 2 is 1.76 bits per heavy atom. The van der Waals surface area contributed by atoms with E-state index in [9.17, 15) is 9.59 Å². The van der Waals surface area contributed by atoms with Crippen molar-refractivity contribution < 1.29 is 9.59 Å². The highest BCUT2D eigenvalue weighted by molar-refractivity contribution is 7.80. The summed E-state index contributed by atoms with van der Waals surface area (Å²) in [6, 6.07) is 7.03. The summed E-state index contributed by atoms with van der Waals surface area (Å²) in [5.74, 6) is -0.316. The summed E-state index contributed by atoms with van der Waals surface area (Å²) in [5.41, 5.74) is 0.505. The minimum Gasteiger partial charge on any atom is -0.347 e. The van der Waals surface area contributed by atoms with Gasteiger partial charge in [-0.25, -0.2) is 0 Å². The second-order valence-electron chi connectivity index (χ2n) is 3.97. The zero-order chi connectivity index (χ0) is 13.0. The van der Waals surface area contributed by atoms with Gasteiger partial charge in [0, 0.05) is 26.0 Å². The molecule has 2 amide bonds. The molecule has 0 aliphatic carbocycles. The maximum atomic E-state index is 12.0. The molecular formula is C12H16N2O2S. The first-order valence-corrected chi connectivity index (χ1v) is 5.62. The molecule has 17 heavy (non-hydrogen) atoms. The van der Waals surface area contributed by atoms with E-state index >= 15 is 0 Å². The molecule has 0 spiro atoms. The highest BCUT2D eigenvalue weighted by atomic mass is 32.1. The van der Waals surface area contributed by atoms with Crippen LogP contribution in [-0.4, -0.2) is 49.3 Å². The molecule has 0 heterocycles. The van der Waals surface area contributed by atoms with Gasteiger partial charge in [-0.05, 0) is 12.1 Å². The topological polar surface area (TPSA) is 40.6 Å². The molecule has 0 N–H and O–H groups in total. The predicted octanol–water partition coefficient (Wildman–Crippen LogP) is 1.14. The van der Waals surface area contributed by atoms with Crippen LogP contribution in [-0.2, 0) is 4.79 Å². The number of hydrogen-bond donors (Lipinski definition) is 1. The van der Waals surface area contributed by atoms with Crippen molar-refractivity contribution in [1.29, 1.82) is 0 Å². The van der Waals surface area contributed by atoms with E-state index in [1.807, 2.05) is 6.07 Å². The molecule has 1 aromatic rings. The standard InChI is InChI=1S/C12H16N2O2S/c1-13(2)11(15)8-14(3)12(16)9-6-4-5-7-10(9)17/h4-7,17H,8H2,1-3H3. The minimum absolute atomic E-state index is 0.0634. The highest BCUT2D eigenvalue weighted by Gasteiger charge is 2.17. The average molecular weight is 252 g/mol. The van der Waals surface area contributed by atoms with Gasteiger partial charge in [-0.2, -0.15) is 0 Å². The summed E-state index contributed by atoms with van der Waals surface area (Å²) < 4.78 is 0. The van der Waals surface area contributed by atoms with Gasteiger partial charge in [-0.3, -0.25) is 9.59 Å². The molecular weight excluding hydrogens is 236 g/mol. The largest absolute Gasteiger partial charge is 0.347 e. The number of amides is 2. The van der Waals surface area contributed by atoms with Crippen LogP contribution in [0.4, 0.5) is 0 Å². The normalized spacial score (nSPS) is 9.88. The van der Waals surface area contributed by atoms with Crippen LogP contribution in [0, 0.1) is 0 Å². The van der Waals surface area contributed by atoms with E-state index in [-0.39, 0.29) is 18.4 Å². The van der Waals surface area contributed by atoms with Gasteiger partial charge in [0.1, 0.15) is 0 Å². The number of likely N-dealkylation sites (N-methyl/N-ethyl adjacent to an activating group) is 2. The van der Waals surface area contributed by atoms with Crippen LogP contribution in [0.3, 0.4) is 0 Å². The summed E-state index contributed by atoms with van der Waals surface area (Å²) in [7, 11) is 4.92. The van der Waals surface area contributed by atoms with Gasteiger partial charge in [0.2, 0.25) is 5.91 Å². The Morgan fingerprint density at radius 3 is 2.29 bits per heavy atom. The Kier molecular flexibility index (Phi) is 4.57. The number of thiol groups is 1. The van der Waals surface area contributed by atoms with Crippen LogP contribution in [0.5, 0.6) is 0 Å². The molecule has 1 aromatic carbocycles. The summed E-state index contributed by atoms with van der Waals surface area (Å²) in [4.78, 5) is 27.0. The molecule has 0 atom stereocenters. The van der Waals surface area contributed by atoms with E-state index in [0.717, 1.165) is 0 Å². The Balaban J connectivity index is 2.77. The summed E-state index contributed by atoms with van der Waals surface area (Å²) >= 11 is 4.22. The molecule has 4 nitrogen and oxygen atoms in total. The van der Waals surface area contributed by atoms with E-state index in [2.05, 4.69) is 12.6 Å². The maximum Gasteiger partial charge on any atom is 0.255 e. The quantitative estimate of drug-likeness (QED) is 0.819. The van der Waals surface area contributed by atoms with Crippen molar-refractivity contribution in [2.45, 2.75) is 4.90 Å². The van der Waals surface area contributed by atoms with Crippen LogP contribution in [0.2, 0.25) is 0 Å². The molecule has 0 aliphatic rings. The van der Waals surface area contributed by atoms with Crippen molar-refractivity contribution in [2.24, 2.45) is 0 Å². The molecule has 0 radical (unpaired) electrons. The molecule has 0 unspecified atom stereocenters. The van der Waals surface area contributed by atoms with Crippen molar-refractivity contribution >= 4 is 24.4 Å². The number of carbonyl (C=O) groups is 2. The predicted molar refractivity (Wildman–Crippen MR) is 69.3 cm³/mol. The van der Waals surface area contributed by atoms with Crippen molar-refractivity contribution in [1.82, 2.24) is 9.80 Å². The molecule has 1 rings (SSSR count). The van der Waals surface area contributed by atoms with Crippen LogP contribution in [0.1, 0.15) is 10.4 Å². The first-order chi connectivity index (χ1) is 7.93. The fourth-order valence-electron chi connectivity index (χ4n) is 1.28. The molecule has 0 saturated carbocycles. The monoisotopic (exact) mass is 252 g/mol. The third-order valence-electron chi connectivity index (χ3n) is 2.35. The summed E-state index contributed by atoms with van der Waals surface area (Å²) in [6.45, 7) is 0.0634. The van der Waals surface area contributed by atoms with E-state index in [0.29, 0.717) is 10.5 Å². The van der Waals surface area contributed by atoms with Crippen molar-refractivity contribution in [3.05, 3.63) is 29.8 Å². The smallest absolute Gasteiger partial charge is 0.255 e. The van der Waals surface area contributed by atoms with Gasteiger partial charge in [0.05, 0.1) is 12.1 Å². The Morgan fingerprint density at radius 1 is 1.18 bits per heavy atom. The number of carbonyl (C=O) groups excluding carboxylic acids is 2. The lowest BCUT2D eigenvalue weighted by Gasteiger charge is -2.19. The van der Waals surface area contributed by atoms with Gasteiger partial charge in [-0.15, -0.1) is 12.6 Å². The molecule has 5 heteroatoms. The first-order valence-electron chi connectivity index (χ1n) is 5.17. The fourth-order valence-corrected chi connectivity index (χ4v) is 1.53. The van der Waals surface area contributed by atoms with Crippen LogP contribution >= 0.6 is 12.6 Å². The molecule has 0 bridgehead atoms. The Labute approximate surface area is 107 Å². The third-order valence-corrected chi connectivity index (χ3v) is 2.74. The second-order valence-corrected chi connectivity index (χ2v) is 4.45. The van der Waals surface area contributed by atoms with Gasteiger partial charge in [0.25, 0.3) is 5.91 Å². The Hall–Kier alpha value is -1.49. The molecule has 0 saturated heterocycles. The van der Waals surface area contributed by atoms with Gasteiger partial charge < -0.3 is 9.80 Å². The lowest BCUT2D eigenvalue weighted by Crippen LogP contribution is -2.37. The second kappa shape index (κ2) is 5.72. The SMILES string of the molecule is CN(C)C(=O)CN(C)C(=O)c1ccccc1S. The number of nitrogens with zero attached hydrogens (tertiary/aromatic N) is 2. The molecule has 92 valence electrons. The van der Waals surface area contributed by atoms with Crippen molar-refractivity contribution in [3.63, 3.8) is 0 Å². The molecule has 0 aliphatic heterocycles. The maximum absolute atomic E-state index is 12.0. The van der Waals surface area contributed by atoms with Crippen LogP contribution in [0.25, 0.3) is 0 Å². The van der Waals surface area contributed by atoms with Crippen LogP contribution < -0.4 is 0 Å². The van der Waals surface area contributed by atoms with Crippen molar-refractivity contribution in [2.75, 3.05) is 27.7 Å². The average Bonchev–Trinajstić information content (AvgIpc) is 2.28. The lowest BCUT2D eigenvalue weighted by molar-refractivity contribution is -0.129. The number of benzene rings is 1. The van der Waals surface area contributed by atoms with Gasteiger partial charge >= 0.3 is 0 Å². The van der Waals surface area contributed by atoms with Crippen molar-refractivity contribution in [3.8, 4) is 0 Å². The molecule has 0 fully saturated rings. The van der Waals surface area contributed by atoms with Gasteiger partial charge in [0.15, 0.2) is 0 Å². The number of hydrogen-bond acceptors (Lipinski definition) is 3. The van der Waals surface area contributed by atoms with E-state index < -0.39 is 0 Å². The summed E-state index contributed by atoms with van der Waals surface area (Å²) in [5, 5.41) is 0. The lowest BCUT2D eigenvalue weighted by atomic mass is 10.2. The van der Waals surface area contributed by atoms with E-state index in [4.69, 9.17) is 0 Å². The van der Waals surface area contributed by atoms with E-state index in [1.165, 1.54) is 9.80 Å². The van der Waals surface area contributed by atoms with Crippen LogP contribution in [0.15, 0.2) is 29.2 Å². The summed E-state index contributed by atoms with van der Waals surface area (Å²) in [6.07, 6.45) is 0. The zero-order valence-corrected chi connectivity index (χ0v) is 11.1. The molecule has 0 aromatic heterocycles.